The number of carbonyl (C=O) groups excluding carboxylic acids is 2. The summed E-state index contributed by atoms with van der Waals surface area (Å²) in [7, 11) is 4.03. The summed E-state index contributed by atoms with van der Waals surface area (Å²) >= 11 is 1.52. The van der Waals surface area contributed by atoms with Gasteiger partial charge in [-0.2, -0.15) is 0 Å². The first-order chi connectivity index (χ1) is 12.5. The van der Waals surface area contributed by atoms with Crippen LogP contribution < -0.4 is 9.64 Å². The second-order valence-corrected chi connectivity index (χ2v) is 6.68. The summed E-state index contributed by atoms with van der Waals surface area (Å²) < 4.78 is 21.6. The zero-order chi connectivity index (χ0) is 18.8. The SMILES string of the molecule is COC(=O)C1=C(C(=O)OC)N(c2cc3sc(C)nc3cc2OC)COC1. The van der Waals surface area contributed by atoms with Gasteiger partial charge in [0.2, 0.25) is 0 Å². The Kier molecular flexibility index (Phi) is 5.10. The maximum absolute atomic E-state index is 12.4. The van der Waals surface area contributed by atoms with E-state index < -0.39 is 11.9 Å². The number of carbonyl (C=O) groups is 2. The van der Waals surface area contributed by atoms with Gasteiger partial charge in [-0.15, -0.1) is 11.3 Å². The van der Waals surface area contributed by atoms with Crippen molar-refractivity contribution >= 4 is 39.2 Å². The van der Waals surface area contributed by atoms with Crippen molar-refractivity contribution in [2.75, 3.05) is 39.6 Å². The fourth-order valence-corrected chi connectivity index (χ4v) is 3.61. The molecule has 0 amide bonds. The van der Waals surface area contributed by atoms with Crippen LogP contribution in [0, 0.1) is 6.92 Å². The lowest BCUT2D eigenvalue weighted by molar-refractivity contribution is -0.140. The molecular formula is C17H18N2O6S. The van der Waals surface area contributed by atoms with Crippen molar-refractivity contribution in [1.29, 1.82) is 0 Å². The fraction of sp³-hybridized carbons (Fsp3) is 0.353. The summed E-state index contributed by atoms with van der Waals surface area (Å²) in [5.74, 6) is -0.806. The van der Waals surface area contributed by atoms with E-state index in [0.717, 1.165) is 15.2 Å². The molecular weight excluding hydrogens is 360 g/mol. The van der Waals surface area contributed by atoms with Crippen LogP contribution in [0.2, 0.25) is 0 Å². The molecule has 0 aliphatic carbocycles. The zero-order valence-electron chi connectivity index (χ0n) is 14.8. The number of nitrogens with zero attached hydrogens (tertiary/aromatic N) is 2. The van der Waals surface area contributed by atoms with Crippen molar-refractivity contribution in [3.63, 3.8) is 0 Å². The first kappa shape index (κ1) is 18.2. The molecule has 2 aromatic rings. The lowest BCUT2D eigenvalue weighted by Gasteiger charge is -2.32. The average molecular weight is 378 g/mol. The van der Waals surface area contributed by atoms with Crippen LogP contribution in [0.5, 0.6) is 5.75 Å². The molecule has 2 heterocycles. The van der Waals surface area contributed by atoms with Gasteiger partial charge in [-0.3, -0.25) is 0 Å². The molecule has 1 aliphatic heterocycles. The van der Waals surface area contributed by atoms with Gasteiger partial charge in [-0.05, 0) is 13.0 Å². The summed E-state index contributed by atoms with van der Waals surface area (Å²) in [6.07, 6.45) is 0. The Balaban J connectivity index is 2.21. The van der Waals surface area contributed by atoms with Crippen LogP contribution in [0.3, 0.4) is 0 Å². The van der Waals surface area contributed by atoms with Crippen LogP contribution in [0.25, 0.3) is 10.2 Å². The lowest BCUT2D eigenvalue weighted by atomic mass is 10.1. The topological polar surface area (TPSA) is 87.2 Å². The van der Waals surface area contributed by atoms with Crippen molar-refractivity contribution in [3.05, 3.63) is 28.4 Å². The predicted molar refractivity (Wildman–Crippen MR) is 95.3 cm³/mol. The highest BCUT2D eigenvalue weighted by Crippen LogP contribution is 2.38. The number of benzene rings is 1. The monoisotopic (exact) mass is 378 g/mol. The van der Waals surface area contributed by atoms with E-state index in [-0.39, 0.29) is 24.6 Å². The van der Waals surface area contributed by atoms with E-state index in [9.17, 15) is 9.59 Å². The highest BCUT2D eigenvalue weighted by molar-refractivity contribution is 7.18. The summed E-state index contributed by atoms with van der Waals surface area (Å²) in [6.45, 7) is 1.93. The number of methoxy groups -OCH3 is 3. The zero-order valence-corrected chi connectivity index (χ0v) is 15.6. The van der Waals surface area contributed by atoms with E-state index in [0.29, 0.717) is 11.4 Å². The Morgan fingerprint density at radius 3 is 2.58 bits per heavy atom. The van der Waals surface area contributed by atoms with E-state index in [1.807, 2.05) is 13.0 Å². The van der Waals surface area contributed by atoms with Crippen molar-refractivity contribution in [2.24, 2.45) is 0 Å². The van der Waals surface area contributed by atoms with Crippen LogP contribution in [0.15, 0.2) is 23.4 Å². The Morgan fingerprint density at radius 1 is 1.19 bits per heavy atom. The summed E-state index contributed by atoms with van der Waals surface area (Å²) in [6, 6.07) is 3.64. The molecule has 0 N–H and O–H groups in total. The Morgan fingerprint density at radius 2 is 1.92 bits per heavy atom. The van der Waals surface area contributed by atoms with Gasteiger partial charge in [0, 0.05) is 6.07 Å². The van der Waals surface area contributed by atoms with E-state index >= 15 is 0 Å². The minimum absolute atomic E-state index is 0.0438. The van der Waals surface area contributed by atoms with Gasteiger partial charge >= 0.3 is 11.9 Å². The number of hydrogen-bond acceptors (Lipinski definition) is 9. The standard InChI is InChI=1S/C17H18N2O6S/c1-9-18-11-5-13(22-2)12(6-14(11)26-9)19-8-25-7-10(16(20)23-3)15(19)17(21)24-4/h5-6H,7-8H2,1-4H3. The molecule has 0 saturated heterocycles. The third-order valence-electron chi connectivity index (χ3n) is 3.92. The van der Waals surface area contributed by atoms with Gasteiger partial charge in [0.05, 0.1) is 54.4 Å². The number of ether oxygens (including phenoxy) is 4. The number of esters is 2. The van der Waals surface area contributed by atoms with E-state index in [1.54, 1.807) is 11.0 Å². The second-order valence-electron chi connectivity index (χ2n) is 5.44. The van der Waals surface area contributed by atoms with Crippen molar-refractivity contribution in [1.82, 2.24) is 4.98 Å². The molecule has 138 valence electrons. The van der Waals surface area contributed by atoms with Crippen LogP contribution in [-0.2, 0) is 23.8 Å². The summed E-state index contributed by atoms with van der Waals surface area (Å²) in [4.78, 5) is 30.5. The first-order valence-electron chi connectivity index (χ1n) is 7.70. The minimum atomic E-state index is -0.656. The van der Waals surface area contributed by atoms with E-state index in [1.165, 1.54) is 32.7 Å². The molecule has 8 nitrogen and oxygen atoms in total. The molecule has 1 aliphatic rings. The molecule has 3 rings (SSSR count). The third kappa shape index (κ3) is 3.11. The van der Waals surface area contributed by atoms with Gasteiger partial charge < -0.3 is 23.8 Å². The molecule has 1 aromatic heterocycles. The lowest BCUT2D eigenvalue weighted by Crippen LogP contribution is -2.39. The van der Waals surface area contributed by atoms with Crippen LogP contribution in [0.1, 0.15) is 5.01 Å². The van der Waals surface area contributed by atoms with Gasteiger partial charge in [0.15, 0.2) is 0 Å². The number of anilines is 1. The van der Waals surface area contributed by atoms with E-state index in [4.69, 9.17) is 18.9 Å². The smallest absolute Gasteiger partial charge is 0.355 e. The number of thiazole rings is 1. The second kappa shape index (κ2) is 7.30. The average Bonchev–Trinajstić information content (AvgIpc) is 3.03. The van der Waals surface area contributed by atoms with Crippen molar-refractivity contribution in [2.45, 2.75) is 6.92 Å². The third-order valence-corrected chi connectivity index (χ3v) is 4.85. The molecule has 26 heavy (non-hydrogen) atoms. The number of fused-ring (bicyclic) bond motifs is 1. The maximum atomic E-state index is 12.4. The molecule has 1 aromatic carbocycles. The molecule has 0 atom stereocenters. The molecule has 0 fully saturated rings. The molecule has 0 unspecified atom stereocenters. The fourth-order valence-electron chi connectivity index (χ4n) is 2.77. The van der Waals surface area contributed by atoms with Crippen LogP contribution in [-0.4, -0.2) is 51.6 Å². The predicted octanol–water partition coefficient (Wildman–Crippen LogP) is 2.01. The first-order valence-corrected chi connectivity index (χ1v) is 8.52. The highest BCUT2D eigenvalue weighted by Gasteiger charge is 2.34. The Hall–Kier alpha value is -2.65. The van der Waals surface area contributed by atoms with Crippen molar-refractivity contribution < 1.29 is 28.5 Å². The number of rotatable bonds is 4. The summed E-state index contributed by atoms with van der Waals surface area (Å²) in [5.41, 5.74) is 1.53. The molecule has 0 bridgehead atoms. The molecule has 0 saturated carbocycles. The maximum Gasteiger partial charge on any atom is 0.355 e. The normalized spacial score (nSPS) is 14.5. The quantitative estimate of drug-likeness (QED) is 0.747. The number of aromatic nitrogens is 1. The molecule has 9 heteroatoms. The van der Waals surface area contributed by atoms with Crippen LogP contribution >= 0.6 is 11.3 Å². The van der Waals surface area contributed by atoms with Crippen molar-refractivity contribution in [3.8, 4) is 5.75 Å². The highest BCUT2D eigenvalue weighted by atomic mass is 32.1. The van der Waals surface area contributed by atoms with Gasteiger partial charge in [0.1, 0.15) is 18.2 Å². The molecule has 0 spiro atoms. The largest absolute Gasteiger partial charge is 0.494 e. The Labute approximate surface area is 153 Å². The Bertz CT molecular complexity index is 904. The van der Waals surface area contributed by atoms with Crippen LogP contribution in [0.4, 0.5) is 5.69 Å². The number of aryl methyl sites for hydroxylation is 1. The molecule has 0 radical (unpaired) electrons. The minimum Gasteiger partial charge on any atom is -0.494 e. The summed E-state index contributed by atoms with van der Waals surface area (Å²) in [5, 5.41) is 0.910. The van der Waals surface area contributed by atoms with Gasteiger partial charge in [-0.1, -0.05) is 0 Å². The number of hydrogen-bond donors (Lipinski definition) is 0. The van der Waals surface area contributed by atoms with E-state index in [2.05, 4.69) is 4.98 Å². The van der Waals surface area contributed by atoms with Gasteiger partial charge in [-0.25, -0.2) is 14.6 Å². The van der Waals surface area contributed by atoms with Gasteiger partial charge in [0.25, 0.3) is 0 Å².